The van der Waals surface area contributed by atoms with E-state index in [1.54, 1.807) is 0 Å². The second-order valence-corrected chi connectivity index (χ2v) is 3.35. The maximum Gasteiger partial charge on any atom is 1.00 e. The van der Waals surface area contributed by atoms with Gasteiger partial charge in [-0.05, 0) is 18.8 Å². The number of aliphatic hydroxyl groups is 1. The molecule has 1 unspecified atom stereocenters. The van der Waals surface area contributed by atoms with Gasteiger partial charge in [0.05, 0.1) is 6.61 Å². The average molecular weight is 178 g/mol. The van der Waals surface area contributed by atoms with E-state index < -0.39 is 0 Å². The molecule has 1 heterocycles. The molecule has 2 aliphatic rings. The van der Waals surface area contributed by atoms with Gasteiger partial charge in [-0.3, -0.25) is 0 Å². The van der Waals surface area contributed by atoms with E-state index >= 15 is 0 Å². The molecule has 0 radical (unpaired) electrons. The van der Waals surface area contributed by atoms with Gasteiger partial charge >= 0.3 is 18.9 Å². The van der Waals surface area contributed by atoms with Gasteiger partial charge in [0.1, 0.15) is 0 Å². The van der Waals surface area contributed by atoms with Crippen molar-refractivity contribution in [2.24, 2.45) is 5.92 Å². The fourth-order valence-corrected chi connectivity index (χ4v) is 1.80. The Morgan fingerprint density at radius 3 is 2.46 bits per heavy atom. The van der Waals surface area contributed by atoms with Crippen LogP contribution in [0.1, 0.15) is 12.8 Å². The van der Waals surface area contributed by atoms with Crippen LogP contribution in [-0.2, 0) is 4.79 Å². The third-order valence-electron chi connectivity index (χ3n) is 2.56. The molecule has 2 N–H and O–H groups in total. The summed E-state index contributed by atoms with van der Waals surface area (Å²) in [5.74, 6) is 0.730. The molecule has 0 bridgehead atoms. The molecule has 0 spiro atoms. The van der Waals surface area contributed by atoms with Gasteiger partial charge in [-0.25, -0.2) is 6.29 Å². The molecular weight excluding hydrogens is 165 g/mol. The Kier molecular flexibility index (Phi) is 5.19. The molecule has 5 heteroatoms. The number of hydrogen-bond donors (Lipinski definition) is 1. The Hall–Kier alpha value is 0.147. The van der Waals surface area contributed by atoms with Gasteiger partial charge in [-0.15, -0.1) is 0 Å². The van der Waals surface area contributed by atoms with E-state index in [4.69, 9.17) is 5.11 Å². The third kappa shape index (κ3) is 2.55. The van der Waals surface area contributed by atoms with Crippen LogP contribution >= 0.6 is 0 Å². The van der Waals surface area contributed by atoms with Crippen molar-refractivity contribution in [1.29, 1.82) is 0 Å². The van der Waals surface area contributed by atoms with Crippen molar-refractivity contribution in [2.75, 3.05) is 13.2 Å². The fourth-order valence-electron chi connectivity index (χ4n) is 1.80. The summed E-state index contributed by atoms with van der Waals surface area (Å²) in [6, 6.07) is 0.439. The van der Waals surface area contributed by atoms with Gasteiger partial charge in [0.25, 0.3) is 0 Å². The summed E-state index contributed by atoms with van der Waals surface area (Å²) in [6.45, 7) is 0.794. The Morgan fingerprint density at radius 1 is 1.46 bits per heavy atom. The van der Waals surface area contributed by atoms with Crippen LogP contribution in [0, 0.1) is 5.92 Å². The quantitative estimate of drug-likeness (QED) is 0.274. The molecule has 1 saturated carbocycles. The smallest absolute Gasteiger partial charge is 0.870 e. The first-order valence-corrected chi connectivity index (χ1v) is 4.12. The van der Waals surface area contributed by atoms with E-state index in [9.17, 15) is 4.79 Å². The van der Waals surface area contributed by atoms with Crippen LogP contribution in [0.5, 0.6) is 0 Å². The summed E-state index contributed by atoms with van der Waals surface area (Å²) in [7, 11) is 0. The summed E-state index contributed by atoms with van der Waals surface area (Å²) >= 11 is 0. The minimum absolute atomic E-state index is 0. The van der Waals surface area contributed by atoms with Crippen molar-refractivity contribution >= 4 is 6.29 Å². The second-order valence-electron chi connectivity index (χ2n) is 3.35. The Morgan fingerprint density at radius 2 is 2.08 bits per heavy atom. The third-order valence-corrected chi connectivity index (χ3v) is 2.56. The largest absolute Gasteiger partial charge is 1.00 e. The molecule has 1 aliphatic heterocycles. The Bertz CT molecular complexity index is 175. The fraction of sp³-hybridized carbons (Fsp3) is 0.875. The van der Waals surface area contributed by atoms with Crippen molar-refractivity contribution in [3.05, 3.63) is 0 Å². The molecule has 2 rings (SSSR count). The average Bonchev–Trinajstić information content (AvgIpc) is 2.80. The molecule has 1 aliphatic carbocycles. The van der Waals surface area contributed by atoms with Crippen LogP contribution < -0.4 is 18.9 Å². The predicted octanol–water partition coefficient (Wildman–Crippen LogP) is -3.62. The second kappa shape index (κ2) is 5.13. The summed E-state index contributed by atoms with van der Waals surface area (Å²) in [4.78, 5) is 12.4. The zero-order valence-corrected chi connectivity index (χ0v) is 7.81. The van der Waals surface area contributed by atoms with Crippen LogP contribution in [-0.4, -0.2) is 47.0 Å². The van der Waals surface area contributed by atoms with Crippen molar-refractivity contribution in [2.45, 2.75) is 24.9 Å². The number of aliphatic hydroxyl groups excluding tert-OH is 1. The SMILES string of the molecule is O=[C-][C@H]1[C@@H](C2CC2)N1CCO.[Li+].[OH-]. The van der Waals surface area contributed by atoms with Gasteiger partial charge in [0.15, 0.2) is 0 Å². The molecule has 0 aromatic carbocycles. The summed E-state index contributed by atoms with van der Waals surface area (Å²) in [5, 5.41) is 8.64. The van der Waals surface area contributed by atoms with Gasteiger partial charge in [-0.1, -0.05) is 6.04 Å². The van der Waals surface area contributed by atoms with Crippen LogP contribution in [0.25, 0.3) is 0 Å². The van der Waals surface area contributed by atoms with Gasteiger partial charge in [-0.2, -0.15) is 0 Å². The van der Waals surface area contributed by atoms with Crippen molar-refractivity contribution in [3.63, 3.8) is 0 Å². The number of hydrogen-bond acceptors (Lipinski definition) is 4. The Labute approximate surface area is 89.8 Å². The zero-order valence-electron chi connectivity index (χ0n) is 7.81. The van der Waals surface area contributed by atoms with E-state index in [0.29, 0.717) is 12.6 Å². The zero-order chi connectivity index (χ0) is 7.84. The maximum absolute atomic E-state index is 10.3. The summed E-state index contributed by atoms with van der Waals surface area (Å²) < 4.78 is 0. The van der Waals surface area contributed by atoms with E-state index in [2.05, 4.69) is 0 Å². The van der Waals surface area contributed by atoms with Gasteiger partial charge in [0.2, 0.25) is 0 Å². The maximum atomic E-state index is 10.3. The van der Waals surface area contributed by atoms with Crippen molar-refractivity contribution in [1.82, 2.24) is 4.90 Å². The molecular formula is C8H13LiNO3-. The first kappa shape index (κ1) is 13.1. The van der Waals surface area contributed by atoms with E-state index in [1.807, 2.05) is 11.2 Å². The first-order valence-electron chi connectivity index (χ1n) is 4.12. The monoisotopic (exact) mass is 178 g/mol. The van der Waals surface area contributed by atoms with E-state index in [1.165, 1.54) is 12.8 Å². The van der Waals surface area contributed by atoms with Crippen LogP contribution in [0.4, 0.5) is 0 Å². The molecule has 0 aromatic rings. The standard InChI is InChI=1S/C8H12NO2.Li.H2O/c10-4-3-9-7(5-11)8(9)6-1-2-6;;/h6-8,10H,1-4H2;;1H2/q-1;+1;/p-1/t7-,8+,9?;;/m0../s1. The van der Waals surface area contributed by atoms with Crippen LogP contribution in [0.3, 0.4) is 0 Å². The molecule has 2 fully saturated rings. The molecule has 13 heavy (non-hydrogen) atoms. The van der Waals surface area contributed by atoms with Crippen LogP contribution in [0.2, 0.25) is 0 Å². The molecule has 0 amide bonds. The number of nitrogens with zero attached hydrogens (tertiary/aromatic N) is 1. The molecule has 4 nitrogen and oxygen atoms in total. The normalized spacial score (nSPS) is 35.6. The molecule has 1 saturated heterocycles. The summed E-state index contributed by atoms with van der Waals surface area (Å²) in [5.41, 5.74) is 0. The van der Waals surface area contributed by atoms with Gasteiger partial charge < -0.3 is 20.3 Å². The van der Waals surface area contributed by atoms with Crippen molar-refractivity contribution in [3.8, 4) is 0 Å². The Balaban J connectivity index is 0.000000720. The van der Waals surface area contributed by atoms with E-state index in [-0.39, 0.29) is 37.0 Å². The molecule has 3 atom stereocenters. The molecule has 0 aromatic heterocycles. The van der Waals surface area contributed by atoms with Crippen LogP contribution in [0.15, 0.2) is 0 Å². The number of carbonyl (C=O) groups excluding carboxylic acids is 1. The minimum Gasteiger partial charge on any atom is -0.870 e. The summed E-state index contributed by atoms with van der Waals surface area (Å²) in [6.07, 6.45) is 4.52. The van der Waals surface area contributed by atoms with Crippen molar-refractivity contribution < 1.29 is 34.2 Å². The number of β-amino-alcohol motifs (C(OH)–C–C–N with tert-alkyl or cyclic N) is 1. The topological polar surface area (TPSA) is 70.3 Å². The molecule has 70 valence electrons. The van der Waals surface area contributed by atoms with Gasteiger partial charge in [0, 0.05) is 12.6 Å². The predicted molar refractivity (Wildman–Crippen MR) is 41.7 cm³/mol. The number of rotatable bonds is 4. The van der Waals surface area contributed by atoms with E-state index in [0.717, 1.165) is 5.92 Å². The first-order chi connectivity index (χ1) is 5.38. The minimum atomic E-state index is 0.